The Balaban J connectivity index is 1.89. The molecular formula is C18H16N4. The van der Waals surface area contributed by atoms with Gasteiger partial charge in [-0.2, -0.15) is 0 Å². The molecule has 0 aliphatic heterocycles. The highest BCUT2D eigenvalue weighted by Gasteiger charge is 2.16. The molecule has 0 aliphatic carbocycles. The van der Waals surface area contributed by atoms with E-state index in [1.807, 2.05) is 42.7 Å². The molecule has 4 nitrogen and oxygen atoms in total. The van der Waals surface area contributed by atoms with Crippen molar-refractivity contribution in [3.63, 3.8) is 0 Å². The number of aryl methyl sites for hydroxylation is 1. The Bertz CT molecular complexity index is 891. The molecule has 0 amide bonds. The molecule has 0 bridgehead atoms. The molecule has 22 heavy (non-hydrogen) atoms. The van der Waals surface area contributed by atoms with Crippen molar-refractivity contribution in [2.24, 2.45) is 7.05 Å². The first-order chi connectivity index (χ1) is 10.8. The number of benzene rings is 2. The van der Waals surface area contributed by atoms with Gasteiger partial charge in [-0.1, -0.05) is 36.4 Å². The van der Waals surface area contributed by atoms with Crippen LogP contribution in [0.15, 0.2) is 73.6 Å². The fourth-order valence-corrected chi connectivity index (χ4v) is 2.92. The van der Waals surface area contributed by atoms with Gasteiger partial charge in [0, 0.05) is 19.4 Å². The normalized spacial score (nSPS) is 12.6. The average molecular weight is 288 g/mol. The van der Waals surface area contributed by atoms with E-state index in [1.165, 1.54) is 11.1 Å². The van der Waals surface area contributed by atoms with E-state index in [-0.39, 0.29) is 6.04 Å². The molecule has 4 aromatic rings. The van der Waals surface area contributed by atoms with Crippen LogP contribution in [0.5, 0.6) is 0 Å². The Hall–Kier alpha value is -2.88. The lowest BCUT2D eigenvalue weighted by molar-refractivity contribution is 0.677. The van der Waals surface area contributed by atoms with Crippen molar-refractivity contribution >= 4 is 11.0 Å². The number of aromatic nitrogens is 4. The zero-order chi connectivity index (χ0) is 14.9. The molecule has 2 aromatic carbocycles. The van der Waals surface area contributed by atoms with E-state index in [4.69, 9.17) is 0 Å². The summed E-state index contributed by atoms with van der Waals surface area (Å²) in [5, 5.41) is 0. The number of rotatable bonds is 3. The van der Waals surface area contributed by atoms with E-state index in [0.29, 0.717) is 0 Å². The lowest BCUT2D eigenvalue weighted by Crippen LogP contribution is -2.10. The molecule has 2 aromatic heterocycles. The first-order valence-corrected chi connectivity index (χ1v) is 7.26. The van der Waals surface area contributed by atoms with Crippen molar-refractivity contribution in [3.8, 4) is 0 Å². The molecule has 0 fully saturated rings. The minimum Gasteiger partial charge on any atom is -0.334 e. The summed E-state index contributed by atoms with van der Waals surface area (Å²) >= 11 is 0. The molecule has 1 atom stereocenters. The predicted molar refractivity (Wildman–Crippen MR) is 86.6 cm³/mol. The van der Waals surface area contributed by atoms with Crippen LogP contribution in [0.2, 0.25) is 0 Å². The minimum atomic E-state index is 0.107. The van der Waals surface area contributed by atoms with Crippen LogP contribution >= 0.6 is 0 Å². The van der Waals surface area contributed by atoms with Gasteiger partial charge in [0.25, 0.3) is 0 Å². The van der Waals surface area contributed by atoms with Gasteiger partial charge in [-0.3, -0.25) is 0 Å². The van der Waals surface area contributed by atoms with Crippen LogP contribution in [0.4, 0.5) is 0 Å². The summed E-state index contributed by atoms with van der Waals surface area (Å²) in [4.78, 5) is 8.68. The van der Waals surface area contributed by atoms with Gasteiger partial charge >= 0.3 is 0 Å². The molecule has 4 rings (SSSR count). The Morgan fingerprint density at radius 3 is 2.59 bits per heavy atom. The van der Waals surface area contributed by atoms with E-state index in [1.54, 1.807) is 0 Å². The molecule has 0 aliphatic rings. The molecule has 0 N–H and O–H groups in total. The fraction of sp³-hybridized carbons (Fsp3) is 0.111. The number of nitrogens with zero attached hydrogens (tertiary/aromatic N) is 4. The van der Waals surface area contributed by atoms with E-state index in [9.17, 15) is 0 Å². The van der Waals surface area contributed by atoms with Crippen molar-refractivity contribution in [2.45, 2.75) is 6.04 Å². The summed E-state index contributed by atoms with van der Waals surface area (Å²) in [6, 6.07) is 17.0. The molecule has 108 valence electrons. The fourth-order valence-electron chi connectivity index (χ4n) is 2.92. The lowest BCUT2D eigenvalue weighted by atomic mass is 9.98. The van der Waals surface area contributed by atoms with Gasteiger partial charge in [0.05, 0.1) is 29.7 Å². The summed E-state index contributed by atoms with van der Waals surface area (Å²) in [6.45, 7) is 0. The molecule has 0 saturated heterocycles. The Morgan fingerprint density at radius 1 is 0.955 bits per heavy atom. The highest BCUT2D eigenvalue weighted by atomic mass is 15.1. The zero-order valence-corrected chi connectivity index (χ0v) is 12.3. The maximum Gasteiger partial charge on any atom is 0.0955 e. The van der Waals surface area contributed by atoms with Gasteiger partial charge < -0.3 is 9.13 Å². The van der Waals surface area contributed by atoms with E-state index >= 15 is 0 Å². The van der Waals surface area contributed by atoms with Crippen LogP contribution in [-0.2, 0) is 7.05 Å². The second-order valence-corrected chi connectivity index (χ2v) is 5.43. The van der Waals surface area contributed by atoms with E-state index in [2.05, 4.69) is 57.0 Å². The van der Waals surface area contributed by atoms with Gasteiger partial charge in [0.2, 0.25) is 0 Å². The topological polar surface area (TPSA) is 35.6 Å². The van der Waals surface area contributed by atoms with Crippen LogP contribution in [0, 0.1) is 0 Å². The summed E-state index contributed by atoms with van der Waals surface area (Å²) in [5.74, 6) is 0. The van der Waals surface area contributed by atoms with Crippen LogP contribution < -0.4 is 0 Å². The monoisotopic (exact) mass is 288 g/mol. The van der Waals surface area contributed by atoms with Gasteiger partial charge in [0.15, 0.2) is 0 Å². The predicted octanol–water partition coefficient (Wildman–Crippen LogP) is 3.41. The largest absolute Gasteiger partial charge is 0.334 e. The Kier molecular flexibility index (Phi) is 3.00. The standard InChI is InChI=1S/C18H16N4/c1-21-13-20-16-11-15(7-8-17(16)21)18(22-10-9-19-12-22)14-5-3-2-4-6-14/h2-13,18H,1H3. The second kappa shape index (κ2) is 5.15. The van der Waals surface area contributed by atoms with Crippen LogP contribution in [-0.4, -0.2) is 19.1 Å². The van der Waals surface area contributed by atoms with E-state index in [0.717, 1.165) is 11.0 Å². The van der Waals surface area contributed by atoms with Crippen LogP contribution in [0.25, 0.3) is 11.0 Å². The maximum absolute atomic E-state index is 4.47. The van der Waals surface area contributed by atoms with Crippen LogP contribution in [0.1, 0.15) is 17.2 Å². The van der Waals surface area contributed by atoms with Crippen molar-refractivity contribution in [1.29, 1.82) is 0 Å². The molecule has 4 heteroatoms. The first kappa shape index (κ1) is 12.8. The van der Waals surface area contributed by atoms with Crippen molar-refractivity contribution < 1.29 is 0 Å². The molecule has 1 unspecified atom stereocenters. The molecule has 0 saturated carbocycles. The zero-order valence-electron chi connectivity index (χ0n) is 12.3. The maximum atomic E-state index is 4.47. The first-order valence-electron chi connectivity index (χ1n) is 7.26. The second-order valence-electron chi connectivity index (χ2n) is 5.43. The molecule has 2 heterocycles. The highest BCUT2D eigenvalue weighted by molar-refractivity contribution is 5.76. The Morgan fingerprint density at radius 2 is 1.82 bits per heavy atom. The van der Waals surface area contributed by atoms with Gasteiger partial charge in [-0.05, 0) is 23.3 Å². The third-order valence-electron chi connectivity index (χ3n) is 4.00. The number of fused-ring (bicyclic) bond motifs is 1. The summed E-state index contributed by atoms with van der Waals surface area (Å²) in [5.41, 5.74) is 4.59. The highest BCUT2D eigenvalue weighted by Crippen LogP contribution is 2.28. The third kappa shape index (κ3) is 2.09. The summed E-state index contributed by atoms with van der Waals surface area (Å²) in [7, 11) is 2.01. The molecule has 0 radical (unpaired) electrons. The van der Waals surface area contributed by atoms with Crippen molar-refractivity contribution in [1.82, 2.24) is 19.1 Å². The van der Waals surface area contributed by atoms with Gasteiger partial charge in [-0.25, -0.2) is 9.97 Å². The Labute approximate surface area is 128 Å². The summed E-state index contributed by atoms with van der Waals surface area (Å²) < 4.78 is 4.16. The minimum absolute atomic E-state index is 0.107. The van der Waals surface area contributed by atoms with Gasteiger partial charge in [-0.15, -0.1) is 0 Å². The number of hydrogen-bond donors (Lipinski definition) is 0. The third-order valence-corrected chi connectivity index (χ3v) is 4.00. The quantitative estimate of drug-likeness (QED) is 0.579. The molecular weight excluding hydrogens is 272 g/mol. The molecule has 0 spiro atoms. The van der Waals surface area contributed by atoms with Crippen LogP contribution in [0.3, 0.4) is 0 Å². The van der Waals surface area contributed by atoms with Crippen molar-refractivity contribution in [2.75, 3.05) is 0 Å². The SMILES string of the molecule is Cn1cnc2cc(C(c3ccccc3)n3ccnc3)ccc21. The summed E-state index contributed by atoms with van der Waals surface area (Å²) in [6.07, 6.45) is 7.53. The van der Waals surface area contributed by atoms with E-state index < -0.39 is 0 Å². The van der Waals surface area contributed by atoms with Crippen molar-refractivity contribution in [3.05, 3.63) is 84.7 Å². The number of hydrogen-bond acceptors (Lipinski definition) is 2. The number of imidazole rings is 2. The lowest BCUT2D eigenvalue weighted by Gasteiger charge is -2.19. The van der Waals surface area contributed by atoms with Gasteiger partial charge in [0.1, 0.15) is 0 Å². The average Bonchev–Trinajstić information content (AvgIpc) is 3.20. The smallest absolute Gasteiger partial charge is 0.0955 e.